The van der Waals surface area contributed by atoms with Crippen LogP contribution in [0.5, 0.6) is 0 Å². The number of amides is 1. The first-order valence-electron chi connectivity index (χ1n) is 13.7. The topological polar surface area (TPSA) is 96.3 Å². The van der Waals surface area contributed by atoms with Crippen LogP contribution in [-0.4, -0.2) is 59.7 Å². The minimum absolute atomic E-state index is 0.00630. The van der Waals surface area contributed by atoms with Crippen LogP contribution < -0.4 is 4.90 Å². The summed E-state index contributed by atoms with van der Waals surface area (Å²) in [6.45, 7) is 11.9. The Labute approximate surface area is 224 Å². The molecule has 1 aromatic rings. The highest BCUT2D eigenvalue weighted by molar-refractivity contribution is 7.14. The number of hydrogen-bond acceptors (Lipinski definition) is 6. The third-order valence-electron chi connectivity index (χ3n) is 8.24. The Morgan fingerprint density at radius 3 is 2.51 bits per heavy atom. The van der Waals surface area contributed by atoms with Crippen molar-refractivity contribution in [2.45, 2.75) is 103 Å². The zero-order chi connectivity index (χ0) is 27.0. The maximum Gasteiger partial charge on any atom is 0.348 e. The molecule has 3 atom stereocenters. The second-order valence-electron chi connectivity index (χ2n) is 12.4. The van der Waals surface area contributed by atoms with Crippen LogP contribution >= 0.6 is 11.3 Å². The van der Waals surface area contributed by atoms with Gasteiger partial charge in [0.2, 0.25) is 5.91 Å². The Kier molecular flexibility index (Phi) is 8.53. The normalized spacial score (nSPS) is 30.7. The third-order valence-corrected chi connectivity index (χ3v) is 9.78. The first kappa shape index (κ1) is 28.3. The summed E-state index contributed by atoms with van der Waals surface area (Å²) < 4.78 is 11.3. The summed E-state index contributed by atoms with van der Waals surface area (Å²) >= 11 is 1.27. The summed E-state index contributed by atoms with van der Waals surface area (Å²) in [4.78, 5) is 29.6. The molecule has 206 valence electrons. The van der Waals surface area contributed by atoms with Gasteiger partial charge in [0, 0.05) is 23.4 Å². The molecule has 0 spiro atoms. The molecule has 1 saturated carbocycles. The molecule has 2 heterocycles. The van der Waals surface area contributed by atoms with Crippen molar-refractivity contribution in [1.82, 2.24) is 0 Å². The van der Waals surface area contributed by atoms with E-state index in [0.29, 0.717) is 51.0 Å². The predicted octanol–water partition coefficient (Wildman–Crippen LogP) is 5.55. The third kappa shape index (κ3) is 6.47. The Balaban J connectivity index is 1.61. The number of thiophene rings is 1. The van der Waals surface area contributed by atoms with Gasteiger partial charge in [0.1, 0.15) is 4.88 Å². The van der Waals surface area contributed by atoms with E-state index >= 15 is 0 Å². The van der Waals surface area contributed by atoms with E-state index in [1.807, 2.05) is 6.07 Å². The molecule has 7 nitrogen and oxygen atoms in total. The Morgan fingerprint density at radius 1 is 1.24 bits per heavy atom. The second kappa shape index (κ2) is 11.2. The average molecular weight is 534 g/mol. The lowest BCUT2D eigenvalue weighted by Crippen LogP contribution is -2.51. The number of carboxylic acid groups (broad SMARTS) is 1. The van der Waals surface area contributed by atoms with Gasteiger partial charge in [-0.05, 0) is 69.3 Å². The number of aromatic carboxylic acids is 1. The van der Waals surface area contributed by atoms with Gasteiger partial charge >= 0.3 is 5.97 Å². The van der Waals surface area contributed by atoms with Crippen molar-refractivity contribution in [2.75, 3.05) is 24.7 Å². The zero-order valence-electron chi connectivity index (χ0n) is 22.9. The van der Waals surface area contributed by atoms with Crippen molar-refractivity contribution in [3.63, 3.8) is 0 Å². The molecular weight excluding hydrogens is 490 g/mol. The lowest BCUT2D eigenvalue weighted by Gasteiger charge is -2.42. The number of aliphatic hydroxyl groups is 1. The molecule has 8 heteroatoms. The van der Waals surface area contributed by atoms with Crippen molar-refractivity contribution < 1.29 is 29.3 Å². The smallest absolute Gasteiger partial charge is 0.348 e. The SMILES string of the molecule is CC1=CCC(C(=O)N(c2cc(C(C)(C)C)sc2C(=O)O)[C@H]2CC[C@](O)(CO[C@H]3CCOC3)CC2)[C@H](C)C1. The van der Waals surface area contributed by atoms with Gasteiger partial charge in [0.25, 0.3) is 0 Å². The highest BCUT2D eigenvalue weighted by Gasteiger charge is 2.42. The van der Waals surface area contributed by atoms with Crippen molar-refractivity contribution >= 4 is 28.9 Å². The fourth-order valence-electron chi connectivity index (χ4n) is 5.86. The van der Waals surface area contributed by atoms with Crippen molar-refractivity contribution in [1.29, 1.82) is 0 Å². The molecule has 3 aliphatic rings. The van der Waals surface area contributed by atoms with Crippen LogP contribution in [0.15, 0.2) is 17.7 Å². The molecule has 1 aliphatic heterocycles. The fraction of sp³-hybridized carbons (Fsp3) is 0.724. The van der Waals surface area contributed by atoms with E-state index in [-0.39, 0.29) is 46.8 Å². The van der Waals surface area contributed by atoms with Crippen LogP contribution in [0.25, 0.3) is 0 Å². The molecule has 2 aliphatic carbocycles. The zero-order valence-corrected chi connectivity index (χ0v) is 23.7. The highest BCUT2D eigenvalue weighted by Crippen LogP contribution is 2.43. The maximum absolute atomic E-state index is 14.2. The standard InChI is InChI=1S/C29H43NO6S/c1-18-6-7-22(19(2)14-18)26(31)30(23-15-24(28(3,4)5)37-25(23)27(32)33)20-8-11-29(34,12-9-20)17-36-21-10-13-35-16-21/h6,15,19-22,34H,7-14,16-17H2,1-5H3,(H,32,33)/t19-,20-,21+,22?,29+/m1/s1. The van der Waals surface area contributed by atoms with Crippen molar-refractivity contribution in [3.8, 4) is 0 Å². The number of nitrogens with zero attached hydrogens (tertiary/aromatic N) is 1. The molecule has 1 unspecified atom stereocenters. The van der Waals surface area contributed by atoms with E-state index < -0.39 is 11.6 Å². The molecule has 37 heavy (non-hydrogen) atoms. The predicted molar refractivity (Wildman–Crippen MR) is 145 cm³/mol. The van der Waals surface area contributed by atoms with Gasteiger partial charge < -0.3 is 24.6 Å². The van der Waals surface area contributed by atoms with Gasteiger partial charge in [0.05, 0.1) is 30.6 Å². The molecule has 2 N–H and O–H groups in total. The van der Waals surface area contributed by atoms with Gasteiger partial charge in [-0.15, -0.1) is 11.3 Å². The minimum atomic E-state index is -1.000. The first-order valence-corrected chi connectivity index (χ1v) is 14.5. The summed E-state index contributed by atoms with van der Waals surface area (Å²) in [5, 5.41) is 21.4. The first-order chi connectivity index (χ1) is 17.4. The minimum Gasteiger partial charge on any atom is -0.477 e. The van der Waals surface area contributed by atoms with Crippen LogP contribution in [-0.2, 0) is 19.7 Å². The summed E-state index contributed by atoms with van der Waals surface area (Å²) in [6.07, 6.45) is 6.79. The van der Waals surface area contributed by atoms with Crippen molar-refractivity contribution in [3.05, 3.63) is 27.5 Å². The van der Waals surface area contributed by atoms with Gasteiger partial charge in [-0.1, -0.05) is 39.3 Å². The van der Waals surface area contributed by atoms with Crippen LogP contribution in [0.4, 0.5) is 5.69 Å². The molecule has 0 bridgehead atoms. The number of carboxylic acids is 1. The average Bonchev–Trinajstić information content (AvgIpc) is 3.50. The Morgan fingerprint density at radius 2 is 1.95 bits per heavy atom. The van der Waals surface area contributed by atoms with E-state index in [2.05, 4.69) is 40.7 Å². The van der Waals surface area contributed by atoms with Crippen LogP contribution in [0.3, 0.4) is 0 Å². The van der Waals surface area contributed by atoms with Crippen LogP contribution in [0.1, 0.15) is 94.1 Å². The second-order valence-corrected chi connectivity index (χ2v) is 13.5. The molecule has 1 aromatic heterocycles. The number of rotatable bonds is 7. The Hall–Kier alpha value is -1.74. The monoisotopic (exact) mass is 533 g/mol. The van der Waals surface area contributed by atoms with Gasteiger partial charge in [-0.3, -0.25) is 4.79 Å². The molecule has 0 radical (unpaired) electrons. The number of hydrogen-bond donors (Lipinski definition) is 2. The van der Waals surface area contributed by atoms with Crippen LogP contribution in [0, 0.1) is 11.8 Å². The maximum atomic E-state index is 14.2. The summed E-state index contributed by atoms with van der Waals surface area (Å²) in [7, 11) is 0. The number of allylic oxidation sites excluding steroid dienone is 2. The molecule has 4 rings (SSSR count). The van der Waals surface area contributed by atoms with Gasteiger partial charge in [-0.2, -0.15) is 0 Å². The summed E-state index contributed by atoms with van der Waals surface area (Å²) in [6, 6.07) is 1.76. The van der Waals surface area contributed by atoms with Gasteiger partial charge in [0.15, 0.2) is 0 Å². The molecule has 1 saturated heterocycles. The van der Waals surface area contributed by atoms with Crippen LogP contribution in [0.2, 0.25) is 0 Å². The Bertz CT molecular complexity index is 1010. The quantitative estimate of drug-likeness (QED) is 0.446. The van der Waals surface area contributed by atoms with Gasteiger partial charge in [-0.25, -0.2) is 4.79 Å². The number of carbonyl (C=O) groups is 2. The van der Waals surface area contributed by atoms with E-state index in [9.17, 15) is 19.8 Å². The fourth-order valence-corrected chi connectivity index (χ4v) is 6.90. The molecule has 1 amide bonds. The lowest BCUT2D eigenvalue weighted by molar-refractivity contribution is -0.125. The molecular formula is C29H43NO6S. The number of anilines is 1. The van der Waals surface area contributed by atoms with E-state index in [0.717, 1.165) is 17.7 Å². The highest BCUT2D eigenvalue weighted by atomic mass is 32.1. The lowest BCUT2D eigenvalue weighted by atomic mass is 9.78. The number of ether oxygens (including phenoxy) is 2. The van der Waals surface area contributed by atoms with E-state index in [1.165, 1.54) is 16.9 Å². The van der Waals surface area contributed by atoms with Crippen molar-refractivity contribution in [2.24, 2.45) is 11.8 Å². The van der Waals surface area contributed by atoms with E-state index in [4.69, 9.17) is 9.47 Å². The summed E-state index contributed by atoms with van der Waals surface area (Å²) in [5.74, 6) is -0.988. The van der Waals surface area contributed by atoms with E-state index in [1.54, 1.807) is 4.90 Å². The summed E-state index contributed by atoms with van der Waals surface area (Å²) in [5.41, 5.74) is 0.650. The number of carbonyl (C=O) groups excluding carboxylic acids is 1. The molecule has 2 fully saturated rings. The molecule has 0 aromatic carbocycles. The largest absolute Gasteiger partial charge is 0.477 e.